The van der Waals surface area contributed by atoms with Crippen LogP contribution < -0.4 is 39.2 Å². The van der Waals surface area contributed by atoms with Gasteiger partial charge in [0, 0.05) is 165 Å². The van der Waals surface area contributed by atoms with Crippen LogP contribution in [0.25, 0.3) is 0 Å². The number of hydrogen-bond acceptors (Lipinski definition) is 29. The molecule has 3 aromatic rings. The van der Waals surface area contributed by atoms with E-state index in [0.717, 1.165) is 110 Å². The number of ether oxygens (including phenoxy) is 5. The number of halogens is 3. The summed E-state index contributed by atoms with van der Waals surface area (Å²) in [4.78, 5) is 32.7. The highest BCUT2D eigenvalue weighted by Crippen LogP contribution is 2.31. The van der Waals surface area contributed by atoms with E-state index in [0.29, 0.717) is 130 Å². The number of nitrogens with zero attached hydrogens (tertiary/aromatic N) is 6. The lowest BCUT2D eigenvalue weighted by Gasteiger charge is -2.34. The summed E-state index contributed by atoms with van der Waals surface area (Å²) < 4.78 is 113. The summed E-state index contributed by atoms with van der Waals surface area (Å²) in [6, 6.07) is 18.8. The summed E-state index contributed by atoms with van der Waals surface area (Å²) in [5.74, 6) is 3.67. The van der Waals surface area contributed by atoms with Crippen LogP contribution >= 0.6 is 33.2 Å². The highest BCUT2D eigenvalue weighted by Gasteiger charge is 2.48. The third kappa shape index (κ3) is 40.2. The van der Waals surface area contributed by atoms with Crippen molar-refractivity contribution in [1.29, 1.82) is 0 Å². The molecule has 0 aliphatic carbocycles. The maximum atomic E-state index is 5.90. The van der Waals surface area contributed by atoms with Crippen LogP contribution in [0, 0.1) is 0 Å². The molecule has 4 aliphatic heterocycles. The van der Waals surface area contributed by atoms with Gasteiger partial charge in [0.1, 0.15) is 30.5 Å². The molecule has 1 fully saturated rings. The highest BCUT2D eigenvalue weighted by atomic mass is 35.8. The van der Waals surface area contributed by atoms with Gasteiger partial charge in [-0.25, -0.2) is 28.4 Å². The van der Waals surface area contributed by atoms with Gasteiger partial charge >= 0.3 is 50.0 Å². The van der Waals surface area contributed by atoms with E-state index in [1.807, 2.05) is 177 Å². The van der Waals surface area contributed by atoms with Crippen molar-refractivity contribution in [2.24, 2.45) is 9.98 Å². The molecular formula is C74H139Cl3N6O23Si6. The third-order valence-electron chi connectivity index (χ3n) is 16.3. The molecule has 0 unspecified atom stereocenters. The molecular weight excluding hydrogens is 1620 g/mol. The van der Waals surface area contributed by atoms with Crippen LogP contribution in [0.1, 0.15) is 130 Å². The molecule has 0 N–H and O–H groups in total. The first kappa shape index (κ1) is 105. The zero-order valence-electron chi connectivity index (χ0n) is 70.9. The largest absolute Gasteiger partial charge is 0.584 e. The zero-order valence-corrected chi connectivity index (χ0v) is 79.2. The smallest absolute Gasteiger partial charge is 0.497 e. The Morgan fingerprint density at radius 1 is 0.348 bits per heavy atom. The molecule has 0 amide bonds. The molecule has 38 heteroatoms. The van der Waals surface area contributed by atoms with Crippen LogP contribution in [-0.2, 0) is 81.5 Å². The third-order valence-corrected chi connectivity index (χ3v) is 33.2. The van der Waals surface area contributed by atoms with E-state index in [2.05, 4.69) is 36.5 Å². The van der Waals surface area contributed by atoms with Crippen LogP contribution in [0.3, 0.4) is 0 Å². The number of rotatable bonds is 52. The minimum absolute atomic E-state index is 0.387. The van der Waals surface area contributed by atoms with Crippen LogP contribution in [0.4, 0.5) is 0 Å². The summed E-state index contributed by atoms with van der Waals surface area (Å²) >= 11 is 17.2. The van der Waals surface area contributed by atoms with Gasteiger partial charge < -0.3 is 96.4 Å². The van der Waals surface area contributed by atoms with Gasteiger partial charge in [-0.2, -0.15) is 0 Å². The van der Waals surface area contributed by atoms with E-state index in [-0.39, 0.29) is 0 Å². The minimum Gasteiger partial charge on any atom is -0.497 e. The first-order valence-corrected chi connectivity index (χ1v) is 54.3. The lowest BCUT2D eigenvalue weighted by atomic mass is 10.3. The molecule has 7 rings (SSSR count). The Morgan fingerprint density at radius 3 is 1.07 bits per heavy atom. The topological polar surface area (TPSA) is 250 Å². The molecule has 4 heterocycles. The maximum absolute atomic E-state index is 5.90. The number of methoxy groups -OCH3 is 3. The van der Waals surface area contributed by atoms with E-state index in [4.69, 9.17) is 138 Å². The Kier molecular flexibility index (Phi) is 58.3. The summed E-state index contributed by atoms with van der Waals surface area (Å²) in [5.41, 5.74) is 0. The normalized spacial score (nSPS) is 14.6. The Labute approximate surface area is 691 Å². The predicted molar refractivity (Wildman–Crippen MR) is 455 cm³/mol. The lowest BCUT2D eigenvalue weighted by molar-refractivity contribution is -0.360. The average Bonchev–Trinajstić information content (AvgIpc) is 0.879. The molecule has 648 valence electrons. The molecule has 0 bridgehead atoms. The SMILES string of the molecule is CCOO[Si](CCCN1C=NCC1)(OOCC)OOCC.CCO[Si](CCCN1CCN(CC)CC1)(OCC)OCC.CCO[Si](OCC)(OCC)c1cc(OC)cc(OC)c1.CCO[Si](OCC)(OCC)c1ccc(OC)cc1.CCO[Si](OCC)(OCC)c1ccc2c(c1)OCCO2.Cl[Si](Cl)(Cl)CCCN1C=NCC1. The van der Waals surface area contributed by atoms with Crippen LogP contribution in [0.2, 0.25) is 18.1 Å². The van der Waals surface area contributed by atoms with Crippen LogP contribution in [-0.4, -0.2) is 294 Å². The highest BCUT2D eigenvalue weighted by molar-refractivity contribution is 7.64. The predicted octanol–water partition coefficient (Wildman–Crippen LogP) is 11.6. The maximum Gasteiger partial charge on any atom is 0.584 e. The first-order chi connectivity index (χ1) is 54.2. The van der Waals surface area contributed by atoms with Crippen molar-refractivity contribution >= 4 is 111 Å². The molecule has 0 saturated carbocycles. The van der Waals surface area contributed by atoms with Crippen LogP contribution in [0.5, 0.6) is 28.7 Å². The summed E-state index contributed by atoms with van der Waals surface area (Å²) in [6.07, 6.45) is 6.58. The van der Waals surface area contributed by atoms with Gasteiger partial charge in [-0.05, 0) is 179 Å². The van der Waals surface area contributed by atoms with Crippen LogP contribution in [0.15, 0.2) is 70.6 Å². The molecule has 0 atom stereocenters. The van der Waals surface area contributed by atoms with Gasteiger partial charge in [0.25, 0.3) is 0 Å². The van der Waals surface area contributed by atoms with Gasteiger partial charge in [0.05, 0.1) is 66.9 Å². The number of hydrogen-bond donors (Lipinski definition) is 0. The monoisotopic (exact) mass is 1750 g/mol. The first-order valence-electron chi connectivity index (χ1n) is 40.0. The molecule has 4 aliphatic rings. The Morgan fingerprint density at radius 2 is 0.705 bits per heavy atom. The van der Waals surface area contributed by atoms with E-state index in [1.54, 1.807) is 21.3 Å². The Hall–Kier alpha value is -3.03. The fourth-order valence-corrected chi connectivity index (χ4v) is 25.1. The van der Waals surface area contributed by atoms with Crippen molar-refractivity contribution in [3.05, 3.63) is 60.7 Å². The van der Waals surface area contributed by atoms with Crippen molar-refractivity contribution < 1.29 is 105 Å². The number of likely N-dealkylation sites (N-methyl/N-ethyl adjacent to an activating group) is 1. The van der Waals surface area contributed by atoms with E-state index >= 15 is 0 Å². The summed E-state index contributed by atoms with van der Waals surface area (Å²) in [6.45, 7) is 53.0. The molecule has 0 aromatic heterocycles. The molecule has 29 nitrogen and oxygen atoms in total. The van der Waals surface area contributed by atoms with Crippen molar-refractivity contribution in [2.45, 2.75) is 148 Å². The van der Waals surface area contributed by atoms with Crippen molar-refractivity contribution in [2.75, 3.05) is 212 Å². The van der Waals surface area contributed by atoms with Gasteiger partial charge in [-0.1, -0.05) is 25.1 Å². The Balaban J connectivity index is 0.000000459. The second-order valence-electron chi connectivity index (χ2n) is 24.2. The van der Waals surface area contributed by atoms with Crippen molar-refractivity contribution in [3.8, 4) is 28.7 Å². The van der Waals surface area contributed by atoms with Gasteiger partial charge in [-0.3, -0.25) is 9.98 Å². The molecule has 3 aromatic carbocycles. The summed E-state index contributed by atoms with van der Waals surface area (Å²) in [7, 11) is -9.29. The fraction of sp³-hybridized carbons (Fsp3) is 0.730. The lowest BCUT2D eigenvalue weighted by Crippen LogP contribution is -2.56. The quantitative estimate of drug-likeness (QED) is 0.0220. The van der Waals surface area contributed by atoms with Crippen molar-refractivity contribution in [3.63, 3.8) is 0 Å². The average molecular weight is 1760 g/mol. The van der Waals surface area contributed by atoms with Crippen molar-refractivity contribution in [1.82, 2.24) is 19.6 Å². The molecule has 0 spiro atoms. The van der Waals surface area contributed by atoms with Gasteiger partial charge in [0.2, 0.25) is 0 Å². The van der Waals surface area contributed by atoms with E-state index < -0.39 is 50.0 Å². The number of aliphatic imine (C=N–C) groups is 2. The number of fused-ring (bicyclic) bond motifs is 1. The van der Waals surface area contributed by atoms with Gasteiger partial charge in [-0.15, -0.1) is 33.2 Å². The second kappa shape index (κ2) is 62.2. The Bertz CT molecular complexity index is 2770. The molecule has 0 radical (unpaired) electrons. The standard InChI is InChI=1S/C15H34N2O3Si.C14H22O5Si.C14H24O5Si.C13H22O4Si.C12H26N2O6Si.C6H11Cl3N2Si/c1-5-16-11-13-17(14-12-16)10-9-15-21(18-6-2,19-7-3)20-8-4;1-4-17-20(18-5-2,19-6-3)12-7-8-13-14(11-12)16-10-9-15-13;1-6-17-20(18-7-2,19-8-3)14-10-12(15-4)9-13(11-14)16-5;1-5-15-18(16-6-2,17-7-3)13-10-8-12(14-4)9-11-13;1-4-15-18-21(19-16-5-2,20-17-6-3)11-7-9-14-10-8-13-12-14;7-12(8,9)5-1-3-11-4-2-10-6-11/h5-15H2,1-4H3;7-8,11H,4-6,9-10H2,1-3H3;9-11H,6-8H2,1-5H3;8-11H,5-7H2,1-4H3;12H,4-11H2,1-3H3;6H,1-5H2. The van der Waals surface area contributed by atoms with E-state index in [1.165, 1.54) is 32.7 Å². The van der Waals surface area contributed by atoms with E-state index in [9.17, 15) is 0 Å². The minimum atomic E-state index is -3.17. The number of benzene rings is 3. The number of piperazine rings is 1. The fourth-order valence-electron chi connectivity index (χ4n) is 11.5. The summed E-state index contributed by atoms with van der Waals surface area (Å²) in [5, 5.41) is 2.72. The zero-order chi connectivity index (χ0) is 82.8. The molecule has 112 heavy (non-hydrogen) atoms. The van der Waals surface area contributed by atoms with Gasteiger partial charge in [0.15, 0.2) is 11.5 Å². The second-order valence-corrected chi connectivity index (χ2v) is 46.2. The molecule has 1 saturated heterocycles.